The van der Waals surface area contributed by atoms with Gasteiger partial charge in [0.1, 0.15) is 11.3 Å². The van der Waals surface area contributed by atoms with E-state index in [0.29, 0.717) is 0 Å². The number of ether oxygens (including phenoxy) is 2. The molecule has 0 aliphatic heterocycles. The van der Waals surface area contributed by atoms with Crippen LogP contribution in [0, 0.1) is 10.1 Å². The molecule has 0 aromatic heterocycles. The van der Waals surface area contributed by atoms with E-state index in [-0.39, 0.29) is 16.6 Å². The van der Waals surface area contributed by atoms with Crippen molar-refractivity contribution in [3.05, 3.63) is 33.4 Å². The van der Waals surface area contributed by atoms with Gasteiger partial charge in [-0.05, 0) is 0 Å². The van der Waals surface area contributed by atoms with Crippen molar-refractivity contribution in [2.24, 2.45) is 0 Å². The molecule has 0 aliphatic rings. The minimum absolute atomic E-state index is 0.0529. The van der Waals surface area contributed by atoms with Gasteiger partial charge in [-0.15, -0.1) is 0 Å². The number of benzene rings is 1. The molecule has 0 heterocycles. The molecule has 0 aliphatic carbocycles. The summed E-state index contributed by atoms with van der Waals surface area (Å²) < 4.78 is 33.0. The number of nitro benzene ring substituents is 1. The lowest BCUT2D eigenvalue weighted by molar-refractivity contribution is -0.385. The van der Waals surface area contributed by atoms with E-state index < -0.39 is 28.8 Å². The molecule has 0 atom stereocenters. The smallest absolute Gasteiger partial charge is 0.387 e. The summed E-state index contributed by atoms with van der Waals surface area (Å²) in [5.41, 5.74) is -0.865. The first kappa shape index (κ1) is 15.3. The van der Waals surface area contributed by atoms with E-state index in [9.17, 15) is 23.7 Å². The molecular weight excluding hydrogens is 332 g/mol. The number of carbonyl (C=O) groups is 1. The Morgan fingerprint density at radius 3 is 2.58 bits per heavy atom. The summed E-state index contributed by atoms with van der Waals surface area (Å²) in [5, 5.41) is 10.9. The number of hydrogen-bond donors (Lipinski definition) is 0. The fourth-order valence-electron chi connectivity index (χ4n) is 1.35. The molecule has 0 saturated carbocycles. The SMILES string of the molecule is COC(=O)c1cc(OC(F)F)c(CBr)cc1[N+](=O)[O-]. The van der Waals surface area contributed by atoms with Crippen LogP contribution in [0.2, 0.25) is 0 Å². The average molecular weight is 340 g/mol. The van der Waals surface area contributed by atoms with Gasteiger partial charge >= 0.3 is 12.6 Å². The molecule has 0 fully saturated rings. The molecule has 19 heavy (non-hydrogen) atoms. The lowest BCUT2D eigenvalue weighted by Gasteiger charge is -2.10. The first-order valence-electron chi connectivity index (χ1n) is 4.81. The predicted molar refractivity (Wildman–Crippen MR) is 63.7 cm³/mol. The van der Waals surface area contributed by atoms with Crippen LogP contribution in [0.5, 0.6) is 5.75 Å². The average Bonchev–Trinajstić information content (AvgIpc) is 2.36. The Morgan fingerprint density at radius 1 is 1.53 bits per heavy atom. The third-order valence-corrected chi connectivity index (χ3v) is 2.74. The van der Waals surface area contributed by atoms with Crippen LogP contribution < -0.4 is 4.74 Å². The van der Waals surface area contributed by atoms with E-state index in [0.717, 1.165) is 19.2 Å². The van der Waals surface area contributed by atoms with Crippen LogP contribution in [-0.4, -0.2) is 24.6 Å². The number of nitro groups is 1. The van der Waals surface area contributed by atoms with E-state index in [1.165, 1.54) is 0 Å². The van der Waals surface area contributed by atoms with Crippen LogP contribution in [-0.2, 0) is 10.1 Å². The van der Waals surface area contributed by atoms with Crippen molar-refractivity contribution in [1.82, 2.24) is 0 Å². The standard InChI is InChI=1S/C10H8BrF2NO5/c1-18-9(15)6-3-8(19-10(12)13)5(4-11)2-7(6)14(16)17/h2-3,10H,4H2,1H3. The topological polar surface area (TPSA) is 78.7 Å². The number of alkyl halides is 3. The Bertz CT molecular complexity index is 509. The van der Waals surface area contributed by atoms with Gasteiger partial charge in [0.15, 0.2) is 0 Å². The van der Waals surface area contributed by atoms with Gasteiger partial charge in [-0.3, -0.25) is 10.1 Å². The zero-order valence-corrected chi connectivity index (χ0v) is 11.1. The fourth-order valence-corrected chi connectivity index (χ4v) is 1.78. The molecule has 0 spiro atoms. The lowest BCUT2D eigenvalue weighted by Crippen LogP contribution is -2.10. The number of hydrogen-bond acceptors (Lipinski definition) is 5. The van der Waals surface area contributed by atoms with Gasteiger partial charge in [0.05, 0.1) is 12.0 Å². The second-order valence-electron chi connectivity index (χ2n) is 3.24. The molecule has 1 aromatic carbocycles. The largest absolute Gasteiger partial charge is 0.465 e. The maximum Gasteiger partial charge on any atom is 0.387 e. The van der Waals surface area contributed by atoms with Crippen molar-refractivity contribution in [3.63, 3.8) is 0 Å². The Hall–Kier alpha value is -1.77. The van der Waals surface area contributed by atoms with E-state index in [1.807, 2.05) is 0 Å². The summed E-state index contributed by atoms with van der Waals surface area (Å²) in [6, 6.07) is 1.85. The van der Waals surface area contributed by atoms with E-state index in [1.54, 1.807) is 0 Å². The molecule has 0 unspecified atom stereocenters. The molecule has 1 rings (SSSR count). The van der Waals surface area contributed by atoms with Gasteiger partial charge in [-0.2, -0.15) is 8.78 Å². The maximum atomic E-state index is 12.2. The maximum absolute atomic E-state index is 12.2. The monoisotopic (exact) mass is 339 g/mol. The molecule has 6 nitrogen and oxygen atoms in total. The Kier molecular flexibility index (Phi) is 5.16. The summed E-state index contributed by atoms with van der Waals surface area (Å²) >= 11 is 3.00. The van der Waals surface area contributed by atoms with Crippen LogP contribution in [0.3, 0.4) is 0 Å². The van der Waals surface area contributed by atoms with E-state index in [4.69, 9.17) is 0 Å². The van der Waals surface area contributed by atoms with Gasteiger partial charge in [0, 0.05) is 23.0 Å². The second kappa shape index (κ2) is 6.41. The number of methoxy groups -OCH3 is 1. The molecule has 0 saturated heterocycles. The third-order valence-electron chi connectivity index (χ3n) is 2.14. The molecule has 0 bridgehead atoms. The van der Waals surface area contributed by atoms with Crippen molar-refractivity contribution in [2.45, 2.75) is 11.9 Å². The number of rotatable bonds is 5. The minimum atomic E-state index is -3.11. The Morgan fingerprint density at radius 2 is 2.16 bits per heavy atom. The Balaban J connectivity index is 3.42. The quantitative estimate of drug-likeness (QED) is 0.356. The Labute approximate surface area is 114 Å². The number of nitrogens with zero attached hydrogens (tertiary/aromatic N) is 1. The number of halogens is 3. The highest BCUT2D eigenvalue weighted by Gasteiger charge is 2.25. The summed E-state index contributed by atoms with van der Waals surface area (Å²) in [6.45, 7) is -3.11. The molecule has 9 heteroatoms. The van der Waals surface area contributed by atoms with Crippen molar-refractivity contribution in [1.29, 1.82) is 0 Å². The number of esters is 1. The summed E-state index contributed by atoms with van der Waals surface area (Å²) in [5.74, 6) is -1.33. The first-order valence-corrected chi connectivity index (χ1v) is 5.93. The van der Waals surface area contributed by atoms with Gasteiger partial charge in [0.2, 0.25) is 0 Å². The van der Waals surface area contributed by atoms with Crippen molar-refractivity contribution in [2.75, 3.05) is 7.11 Å². The van der Waals surface area contributed by atoms with Crippen LogP contribution in [0.25, 0.3) is 0 Å². The molecular formula is C10H8BrF2NO5. The van der Waals surface area contributed by atoms with Crippen LogP contribution >= 0.6 is 15.9 Å². The zero-order valence-electron chi connectivity index (χ0n) is 9.56. The van der Waals surface area contributed by atoms with Gasteiger partial charge in [0.25, 0.3) is 5.69 Å². The third kappa shape index (κ3) is 3.60. The van der Waals surface area contributed by atoms with E-state index in [2.05, 4.69) is 25.4 Å². The van der Waals surface area contributed by atoms with Crippen LogP contribution in [0.15, 0.2) is 12.1 Å². The molecule has 1 aromatic rings. The minimum Gasteiger partial charge on any atom is -0.465 e. The van der Waals surface area contributed by atoms with Crippen molar-refractivity contribution >= 4 is 27.6 Å². The molecule has 0 amide bonds. The molecule has 0 radical (unpaired) electrons. The predicted octanol–water partition coefficient (Wildman–Crippen LogP) is 2.88. The van der Waals surface area contributed by atoms with Crippen molar-refractivity contribution < 1.29 is 28.0 Å². The normalized spacial score (nSPS) is 10.4. The van der Waals surface area contributed by atoms with Crippen LogP contribution in [0.4, 0.5) is 14.5 Å². The van der Waals surface area contributed by atoms with Gasteiger partial charge in [-0.1, -0.05) is 15.9 Å². The lowest BCUT2D eigenvalue weighted by atomic mass is 10.1. The fraction of sp³-hybridized carbons (Fsp3) is 0.300. The summed E-state index contributed by atoms with van der Waals surface area (Å²) in [4.78, 5) is 21.4. The number of carbonyl (C=O) groups excluding carboxylic acids is 1. The highest BCUT2D eigenvalue weighted by molar-refractivity contribution is 9.08. The van der Waals surface area contributed by atoms with Gasteiger partial charge in [-0.25, -0.2) is 4.79 Å². The summed E-state index contributed by atoms with van der Waals surface area (Å²) in [6.07, 6.45) is 0. The van der Waals surface area contributed by atoms with Crippen molar-refractivity contribution in [3.8, 4) is 5.75 Å². The summed E-state index contributed by atoms with van der Waals surface area (Å²) in [7, 11) is 1.03. The molecule has 0 N–H and O–H groups in total. The highest BCUT2D eigenvalue weighted by Crippen LogP contribution is 2.31. The van der Waals surface area contributed by atoms with Gasteiger partial charge < -0.3 is 9.47 Å². The molecule has 104 valence electrons. The second-order valence-corrected chi connectivity index (χ2v) is 3.80. The van der Waals surface area contributed by atoms with E-state index >= 15 is 0 Å². The van der Waals surface area contributed by atoms with Crippen LogP contribution in [0.1, 0.15) is 15.9 Å². The highest BCUT2D eigenvalue weighted by atomic mass is 79.9. The zero-order chi connectivity index (χ0) is 14.6. The first-order chi connectivity index (χ1) is 8.90.